The number of hydrogen-bond donors (Lipinski definition) is 1. The molecule has 1 aromatic rings. The summed E-state index contributed by atoms with van der Waals surface area (Å²) < 4.78 is 13.8. The van der Waals surface area contributed by atoms with Crippen LogP contribution in [0.25, 0.3) is 0 Å². The maximum Gasteiger partial charge on any atom is 0.224 e. The second-order valence-electron chi connectivity index (χ2n) is 5.82. The van der Waals surface area contributed by atoms with Gasteiger partial charge in [0.2, 0.25) is 5.91 Å². The van der Waals surface area contributed by atoms with Gasteiger partial charge in [0, 0.05) is 38.6 Å². The number of benzene rings is 1. The van der Waals surface area contributed by atoms with Gasteiger partial charge in [-0.05, 0) is 31.5 Å². The van der Waals surface area contributed by atoms with Crippen molar-refractivity contribution in [3.8, 4) is 0 Å². The second kappa shape index (κ2) is 9.30. The van der Waals surface area contributed by atoms with Crippen molar-refractivity contribution < 1.29 is 9.18 Å². The molecule has 0 aromatic heterocycles. The van der Waals surface area contributed by atoms with Crippen molar-refractivity contribution in [1.82, 2.24) is 10.2 Å². The molecule has 2 heterocycles. The predicted octanol–water partition coefficient (Wildman–Crippen LogP) is 2.46. The summed E-state index contributed by atoms with van der Waals surface area (Å²) in [5.74, 6) is 0.0371. The molecule has 0 radical (unpaired) electrons. The molecule has 0 spiro atoms. The lowest BCUT2D eigenvalue weighted by Crippen LogP contribution is -2.49. The number of hydrogen-bond acceptors (Lipinski definition) is 3. The summed E-state index contributed by atoms with van der Waals surface area (Å²) in [5.41, 5.74) is 0.641. The summed E-state index contributed by atoms with van der Waals surface area (Å²) >= 11 is 0. The fourth-order valence-electron chi connectivity index (χ4n) is 3.18. The van der Waals surface area contributed by atoms with E-state index in [2.05, 4.69) is 5.32 Å². The van der Waals surface area contributed by atoms with Gasteiger partial charge in [-0.3, -0.25) is 4.79 Å². The molecule has 130 valence electrons. The smallest absolute Gasteiger partial charge is 0.224 e. The maximum atomic E-state index is 13.8. The van der Waals surface area contributed by atoms with Gasteiger partial charge < -0.3 is 15.1 Å². The molecular formula is C16H24Cl2FN3O. The molecular weight excluding hydrogens is 340 g/mol. The minimum atomic E-state index is -0.188. The molecule has 2 aliphatic heterocycles. The Kier molecular flexibility index (Phi) is 8.09. The van der Waals surface area contributed by atoms with Gasteiger partial charge in [0.25, 0.3) is 0 Å². The average Bonchev–Trinajstić information content (AvgIpc) is 3.01. The topological polar surface area (TPSA) is 35.6 Å². The van der Waals surface area contributed by atoms with Gasteiger partial charge in [-0.1, -0.05) is 12.1 Å². The lowest BCUT2D eigenvalue weighted by molar-refractivity contribution is -0.131. The van der Waals surface area contributed by atoms with E-state index in [9.17, 15) is 9.18 Å². The van der Waals surface area contributed by atoms with Gasteiger partial charge in [-0.15, -0.1) is 24.8 Å². The Morgan fingerprint density at radius 2 is 1.87 bits per heavy atom. The van der Waals surface area contributed by atoms with Gasteiger partial charge in [0.05, 0.1) is 5.69 Å². The Bertz CT molecular complexity index is 504. The van der Waals surface area contributed by atoms with E-state index < -0.39 is 0 Å². The molecule has 23 heavy (non-hydrogen) atoms. The summed E-state index contributed by atoms with van der Waals surface area (Å²) in [6.45, 7) is 3.79. The van der Waals surface area contributed by atoms with Gasteiger partial charge in [0.1, 0.15) is 5.82 Å². The van der Waals surface area contributed by atoms with E-state index >= 15 is 0 Å². The SMILES string of the molecule is Cl.Cl.O=C(CC1CCCN1)N1CCN(c2ccccc2F)CC1. The zero-order valence-electron chi connectivity index (χ0n) is 13.0. The van der Waals surface area contributed by atoms with Crippen LogP contribution in [0.1, 0.15) is 19.3 Å². The third kappa shape index (κ3) is 4.96. The summed E-state index contributed by atoms with van der Waals surface area (Å²) in [6.07, 6.45) is 2.86. The number of para-hydroxylation sites is 1. The van der Waals surface area contributed by atoms with E-state index in [1.165, 1.54) is 12.5 Å². The standard InChI is InChI=1S/C16H22FN3O.2ClH/c17-14-5-1-2-6-15(14)19-8-10-20(11-9-19)16(21)12-13-4-3-7-18-13;;/h1-2,5-6,13,18H,3-4,7-12H2;2*1H. The molecule has 1 unspecified atom stereocenters. The van der Waals surface area contributed by atoms with Crippen LogP contribution in [0.2, 0.25) is 0 Å². The van der Waals surface area contributed by atoms with Crippen LogP contribution in [-0.4, -0.2) is 49.6 Å². The van der Waals surface area contributed by atoms with E-state index in [1.807, 2.05) is 15.9 Å². The molecule has 3 rings (SSSR count). The van der Waals surface area contributed by atoms with Crippen molar-refractivity contribution in [2.24, 2.45) is 0 Å². The highest BCUT2D eigenvalue weighted by atomic mass is 35.5. The monoisotopic (exact) mass is 363 g/mol. The lowest BCUT2D eigenvalue weighted by atomic mass is 10.1. The third-order valence-corrected chi connectivity index (χ3v) is 4.41. The predicted molar refractivity (Wildman–Crippen MR) is 95.3 cm³/mol. The van der Waals surface area contributed by atoms with Gasteiger partial charge >= 0.3 is 0 Å². The Balaban J connectivity index is 0.00000132. The molecule has 2 saturated heterocycles. The minimum Gasteiger partial charge on any atom is -0.366 e. The Hall–Kier alpha value is -1.04. The number of amides is 1. The van der Waals surface area contributed by atoms with E-state index in [-0.39, 0.29) is 36.5 Å². The van der Waals surface area contributed by atoms with Crippen molar-refractivity contribution in [2.75, 3.05) is 37.6 Å². The number of halogens is 3. The minimum absolute atomic E-state index is 0. The fraction of sp³-hybridized carbons (Fsp3) is 0.562. The lowest BCUT2D eigenvalue weighted by Gasteiger charge is -2.36. The molecule has 2 aliphatic rings. The van der Waals surface area contributed by atoms with Crippen molar-refractivity contribution in [1.29, 1.82) is 0 Å². The number of carbonyl (C=O) groups is 1. The number of nitrogens with zero attached hydrogens (tertiary/aromatic N) is 2. The van der Waals surface area contributed by atoms with Gasteiger partial charge in [-0.2, -0.15) is 0 Å². The number of carbonyl (C=O) groups excluding carboxylic acids is 1. The van der Waals surface area contributed by atoms with Crippen LogP contribution in [0.4, 0.5) is 10.1 Å². The highest BCUT2D eigenvalue weighted by molar-refractivity contribution is 5.85. The van der Waals surface area contributed by atoms with Crippen molar-refractivity contribution >= 4 is 36.4 Å². The average molecular weight is 364 g/mol. The van der Waals surface area contributed by atoms with Gasteiger partial charge in [-0.25, -0.2) is 4.39 Å². The zero-order valence-corrected chi connectivity index (χ0v) is 14.7. The summed E-state index contributed by atoms with van der Waals surface area (Å²) in [4.78, 5) is 16.2. The molecule has 7 heteroatoms. The molecule has 2 fully saturated rings. The van der Waals surface area contributed by atoms with Crippen LogP contribution in [0.3, 0.4) is 0 Å². The van der Waals surface area contributed by atoms with Crippen LogP contribution in [0, 0.1) is 5.82 Å². The molecule has 1 atom stereocenters. The number of rotatable bonds is 3. The number of nitrogens with one attached hydrogen (secondary N) is 1. The maximum absolute atomic E-state index is 13.8. The van der Waals surface area contributed by atoms with Gasteiger partial charge in [0.15, 0.2) is 0 Å². The Morgan fingerprint density at radius 1 is 1.17 bits per heavy atom. The molecule has 4 nitrogen and oxygen atoms in total. The van der Waals surface area contributed by atoms with E-state index in [1.54, 1.807) is 12.1 Å². The first-order valence-corrected chi connectivity index (χ1v) is 7.74. The first-order chi connectivity index (χ1) is 10.2. The summed E-state index contributed by atoms with van der Waals surface area (Å²) in [7, 11) is 0. The Labute approximate surface area is 149 Å². The molecule has 0 bridgehead atoms. The molecule has 1 aromatic carbocycles. The molecule has 1 N–H and O–H groups in total. The molecule has 0 saturated carbocycles. The van der Waals surface area contributed by atoms with E-state index in [4.69, 9.17) is 0 Å². The highest BCUT2D eigenvalue weighted by Gasteiger charge is 2.25. The quantitative estimate of drug-likeness (QED) is 0.895. The van der Waals surface area contributed by atoms with Crippen LogP contribution >= 0.6 is 24.8 Å². The fourth-order valence-corrected chi connectivity index (χ4v) is 3.18. The third-order valence-electron chi connectivity index (χ3n) is 4.41. The Morgan fingerprint density at radius 3 is 2.48 bits per heavy atom. The molecule has 0 aliphatic carbocycles. The van der Waals surface area contributed by atoms with Crippen molar-refractivity contribution in [3.05, 3.63) is 30.1 Å². The van der Waals surface area contributed by atoms with Crippen LogP contribution in [0.5, 0.6) is 0 Å². The van der Waals surface area contributed by atoms with Crippen LogP contribution < -0.4 is 10.2 Å². The van der Waals surface area contributed by atoms with E-state index in [0.717, 1.165) is 13.0 Å². The first kappa shape index (κ1) is 20.0. The normalized spacial score (nSPS) is 20.7. The first-order valence-electron chi connectivity index (χ1n) is 7.74. The largest absolute Gasteiger partial charge is 0.366 e. The second-order valence-corrected chi connectivity index (χ2v) is 5.82. The van der Waals surface area contributed by atoms with Crippen LogP contribution in [0.15, 0.2) is 24.3 Å². The van der Waals surface area contributed by atoms with Crippen LogP contribution in [-0.2, 0) is 4.79 Å². The summed E-state index contributed by atoms with van der Waals surface area (Å²) in [5, 5.41) is 3.36. The number of piperazine rings is 1. The summed E-state index contributed by atoms with van der Waals surface area (Å²) in [6, 6.07) is 7.19. The number of anilines is 1. The van der Waals surface area contributed by atoms with E-state index in [0.29, 0.717) is 44.3 Å². The van der Waals surface area contributed by atoms with Crippen molar-refractivity contribution in [2.45, 2.75) is 25.3 Å². The highest BCUT2D eigenvalue weighted by Crippen LogP contribution is 2.20. The van der Waals surface area contributed by atoms with Crippen molar-refractivity contribution in [3.63, 3.8) is 0 Å². The zero-order chi connectivity index (χ0) is 14.7. The molecule has 1 amide bonds.